The quantitative estimate of drug-likeness (QED) is 0.598. The van der Waals surface area contributed by atoms with Crippen LogP contribution in [0.3, 0.4) is 0 Å². The van der Waals surface area contributed by atoms with Gasteiger partial charge < -0.3 is 20.0 Å². The first-order chi connectivity index (χ1) is 11.8. The lowest BCUT2D eigenvalue weighted by Crippen LogP contribution is -2.46. The highest BCUT2D eigenvalue weighted by atomic mass is 19.4. The summed E-state index contributed by atoms with van der Waals surface area (Å²) in [6.07, 6.45) is -0.894. The molecule has 1 unspecified atom stereocenters. The number of fused-ring (bicyclic) bond motifs is 1. The number of benzene rings is 1. The Bertz CT molecular complexity index is 855. The zero-order valence-electron chi connectivity index (χ0n) is 13.6. The van der Waals surface area contributed by atoms with Crippen molar-refractivity contribution in [2.45, 2.75) is 24.7 Å². The molecule has 2 aromatic heterocycles. The lowest BCUT2D eigenvalue weighted by atomic mass is 9.97. The van der Waals surface area contributed by atoms with E-state index in [-0.39, 0.29) is 6.54 Å². The molecule has 3 rings (SSSR count). The summed E-state index contributed by atoms with van der Waals surface area (Å²) in [6.45, 7) is 0.396. The summed E-state index contributed by atoms with van der Waals surface area (Å²) in [5.41, 5.74) is -1.04. The van der Waals surface area contributed by atoms with Crippen molar-refractivity contribution in [3.8, 4) is 0 Å². The molecule has 0 spiro atoms. The SMILES string of the molecule is Cn1ccnc1C(O)(CCNCc1cccc2[nH]ccc12)C(F)(F)F. The predicted molar refractivity (Wildman–Crippen MR) is 87.8 cm³/mol. The van der Waals surface area contributed by atoms with Crippen molar-refractivity contribution in [3.05, 3.63) is 54.2 Å². The Labute approximate surface area is 142 Å². The number of aryl methyl sites for hydroxylation is 1. The van der Waals surface area contributed by atoms with Crippen LogP contribution in [0.2, 0.25) is 0 Å². The second-order valence-corrected chi connectivity index (χ2v) is 6.00. The van der Waals surface area contributed by atoms with Crippen LogP contribution in [0.25, 0.3) is 10.9 Å². The zero-order valence-corrected chi connectivity index (χ0v) is 13.6. The van der Waals surface area contributed by atoms with Gasteiger partial charge >= 0.3 is 6.18 Å². The van der Waals surface area contributed by atoms with Gasteiger partial charge in [-0.05, 0) is 24.2 Å². The average Bonchev–Trinajstić information content (AvgIpc) is 3.19. The molecular formula is C17H19F3N4O. The van der Waals surface area contributed by atoms with Gasteiger partial charge in [0.15, 0.2) is 0 Å². The molecule has 3 aromatic rings. The summed E-state index contributed by atoms with van der Waals surface area (Å²) in [7, 11) is 1.43. The summed E-state index contributed by atoms with van der Waals surface area (Å²) >= 11 is 0. The van der Waals surface area contributed by atoms with Gasteiger partial charge in [0, 0.05) is 49.5 Å². The lowest BCUT2D eigenvalue weighted by Gasteiger charge is -2.30. The van der Waals surface area contributed by atoms with E-state index in [1.807, 2.05) is 30.5 Å². The van der Waals surface area contributed by atoms with Gasteiger partial charge in [-0.15, -0.1) is 0 Å². The van der Waals surface area contributed by atoms with Crippen molar-refractivity contribution in [1.82, 2.24) is 19.9 Å². The molecule has 134 valence electrons. The molecule has 2 heterocycles. The fraction of sp³-hybridized carbons (Fsp3) is 0.353. The van der Waals surface area contributed by atoms with Gasteiger partial charge in [-0.3, -0.25) is 0 Å². The number of nitrogens with zero attached hydrogens (tertiary/aromatic N) is 2. The average molecular weight is 352 g/mol. The smallest absolute Gasteiger partial charge is 0.374 e. The fourth-order valence-electron chi connectivity index (χ4n) is 2.94. The minimum absolute atomic E-state index is 0.0102. The Balaban J connectivity index is 1.69. The summed E-state index contributed by atoms with van der Waals surface area (Å²) in [5, 5.41) is 14.3. The number of rotatable bonds is 6. The molecule has 0 saturated heterocycles. The topological polar surface area (TPSA) is 65.9 Å². The van der Waals surface area contributed by atoms with Crippen LogP contribution in [0, 0.1) is 0 Å². The first-order valence-electron chi connectivity index (χ1n) is 7.85. The molecule has 0 radical (unpaired) electrons. The number of halogens is 3. The Kier molecular flexibility index (Phi) is 4.57. The van der Waals surface area contributed by atoms with Crippen LogP contribution < -0.4 is 5.32 Å². The number of hydrogen-bond donors (Lipinski definition) is 3. The molecule has 8 heteroatoms. The first kappa shape index (κ1) is 17.5. The maximum atomic E-state index is 13.4. The third-order valence-electron chi connectivity index (χ3n) is 4.32. The van der Waals surface area contributed by atoms with Gasteiger partial charge in [0.1, 0.15) is 5.82 Å². The normalized spacial score (nSPS) is 14.8. The third kappa shape index (κ3) is 3.27. The number of aliphatic hydroxyl groups is 1. The Morgan fingerprint density at radius 3 is 2.76 bits per heavy atom. The Hall–Kier alpha value is -2.32. The Morgan fingerprint density at radius 2 is 2.08 bits per heavy atom. The van der Waals surface area contributed by atoms with Crippen LogP contribution in [0.1, 0.15) is 17.8 Å². The summed E-state index contributed by atoms with van der Waals surface area (Å²) in [4.78, 5) is 6.78. The highest BCUT2D eigenvalue weighted by molar-refractivity contribution is 5.82. The van der Waals surface area contributed by atoms with Crippen molar-refractivity contribution >= 4 is 10.9 Å². The molecule has 0 saturated carbocycles. The number of H-pyrrole nitrogens is 1. The minimum atomic E-state index is -4.81. The van der Waals surface area contributed by atoms with Crippen molar-refractivity contribution in [2.75, 3.05) is 6.54 Å². The van der Waals surface area contributed by atoms with Gasteiger partial charge in [-0.25, -0.2) is 4.98 Å². The van der Waals surface area contributed by atoms with E-state index in [1.54, 1.807) is 0 Å². The molecule has 0 amide bonds. The van der Waals surface area contributed by atoms with E-state index in [9.17, 15) is 18.3 Å². The maximum absolute atomic E-state index is 13.4. The maximum Gasteiger partial charge on any atom is 0.424 e. The molecule has 1 atom stereocenters. The monoisotopic (exact) mass is 352 g/mol. The molecule has 0 aliphatic rings. The number of alkyl halides is 3. The van der Waals surface area contributed by atoms with Gasteiger partial charge in [-0.1, -0.05) is 12.1 Å². The lowest BCUT2D eigenvalue weighted by molar-refractivity contribution is -0.272. The number of hydrogen-bond acceptors (Lipinski definition) is 3. The molecule has 5 nitrogen and oxygen atoms in total. The number of aromatic amines is 1. The zero-order chi connectivity index (χ0) is 18.1. The van der Waals surface area contributed by atoms with Crippen LogP contribution in [-0.4, -0.2) is 32.4 Å². The molecule has 0 aliphatic heterocycles. The van der Waals surface area contributed by atoms with E-state index in [2.05, 4.69) is 15.3 Å². The standard InChI is InChI=1S/C17H19F3N4O/c1-24-10-9-23-15(24)16(25,17(18,19)20)6-8-21-11-12-3-2-4-14-13(12)5-7-22-14/h2-5,7,9-10,21-22,25H,6,8,11H2,1H3. The van der Waals surface area contributed by atoms with Crippen LogP contribution in [0.5, 0.6) is 0 Å². The highest BCUT2D eigenvalue weighted by Gasteiger charge is 2.56. The number of aromatic nitrogens is 3. The molecule has 0 aliphatic carbocycles. The number of nitrogens with one attached hydrogen (secondary N) is 2. The summed E-state index contributed by atoms with van der Waals surface area (Å²) in [5.74, 6) is -0.408. The van der Waals surface area contributed by atoms with Gasteiger partial charge in [-0.2, -0.15) is 13.2 Å². The molecular weight excluding hydrogens is 333 g/mol. The third-order valence-corrected chi connectivity index (χ3v) is 4.32. The first-order valence-corrected chi connectivity index (χ1v) is 7.85. The van der Waals surface area contributed by atoms with Crippen molar-refractivity contribution in [2.24, 2.45) is 7.05 Å². The molecule has 0 bridgehead atoms. The van der Waals surface area contributed by atoms with Crippen LogP contribution in [-0.2, 0) is 19.2 Å². The van der Waals surface area contributed by atoms with Gasteiger partial charge in [0.05, 0.1) is 0 Å². The minimum Gasteiger partial charge on any atom is -0.374 e. The van der Waals surface area contributed by atoms with E-state index >= 15 is 0 Å². The van der Waals surface area contributed by atoms with Crippen molar-refractivity contribution in [1.29, 1.82) is 0 Å². The van der Waals surface area contributed by atoms with Gasteiger partial charge in [0.25, 0.3) is 0 Å². The second-order valence-electron chi connectivity index (χ2n) is 6.00. The summed E-state index contributed by atoms with van der Waals surface area (Å²) in [6, 6.07) is 7.66. The summed E-state index contributed by atoms with van der Waals surface area (Å²) < 4.78 is 41.5. The molecule has 0 fully saturated rings. The highest BCUT2D eigenvalue weighted by Crippen LogP contribution is 2.40. The van der Waals surface area contributed by atoms with E-state index in [0.29, 0.717) is 6.54 Å². The van der Waals surface area contributed by atoms with E-state index < -0.39 is 24.0 Å². The molecule has 25 heavy (non-hydrogen) atoms. The second kappa shape index (κ2) is 6.53. The van der Waals surface area contributed by atoms with E-state index in [0.717, 1.165) is 16.5 Å². The van der Waals surface area contributed by atoms with Crippen LogP contribution >= 0.6 is 0 Å². The van der Waals surface area contributed by atoms with Crippen molar-refractivity contribution < 1.29 is 18.3 Å². The Morgan fingerprint density at radius 1 is 1.28 bits per heavy atom. The van der Waals surface area contributed by atoms with Crippen LogP contribution in [0.4, 0.5) is 13.2 Å². The predicted octanol–water partition coefficient (Wildman–Crippen LogP) is 2.83. The molecule has 3 N–H and O–H groups in total. The van der Waals surface area contributed by atoms with E-state index in [4.69, 9.17) is 0 Å². The van der Waals surface area contributed by atoms with Gasteiger partial charge in [0.2, 0.25) is 5.60 Å². The molecule has 1 aromatic carbocycles. The fourth-order valence-corrected chi connectivity index (χ4v) is 2.94. The van der Waals surface area contributed by atoms with Crippen molar-refractivity contribution in [3.63, 3.8) is 0 Å². The van der Waals surface area contributed by atoms with Crippen LogP contribution in [0.15, 0.2) is 42.9 Å². The number of imidazole rings is 1. The van der Waals surface area contributed by atoms with E-state index in [1.165, 1.54) is 24.0 Å². The largest absolute Gasteiger partial charge is 0.424 e.